The Bertz CT molecular complexity index is 2430. The predicted octanol–water partition coefficient (Wildman–Crippen LogP) is 14.9. The molecule has 2 aromatic heterocycles. The minimum Gasteiger partial charge on any atom is -0.489 e. The zero-order chi connectivity index (χ0) is 47.6. The van der Waals surface area contributed by atoms with Crippen LogP contribution in [0, 0.1) is 0 Å². The van der Waals surface area contributed by atoms with E-state index >= 15 is 0 Å². The fraction of sp³-hybridized carbons (Fsp3) is 0.418. The molecule has 2 saturated carbocycles. The van der Waals surface area contributed by atoms with Gasteiger partial charge in [-0.25, -0.2) is 0 Å². The molecule has 0 atom stereocenters. The molecule has 0 bridgehead atoms. The highest BCUT2D eigenvalue weighted by atomic mass is 35.5. The Hall–Kier alpha value is -4.93. The summed E-state index contributed by atoms with van der Waals surface area (Å²) in [7, 11) is 0. The number of benzene rings is 2. The number of hydrogen-bond donors (Lipinski definition) is 2. The Morgan fingerprint density at radius 1 is 0.836 bits per heavy atom. The van der Waals surface area contributed by atoms with Gasteiger partial charge in [0, 0.05) is 54.1 Å². The number of carbonyl (C=O) groups is 2. The van der Waals surface area contributed by atoms with Gasteiger partial charge in [0.25, 0.3) is 5.91 Å². The van der Waals surface area contributed by atoms with E-state index in [1.807, 2.05) is 30.7 Å². The Morgan fingerprint density at radius 3 is 2.03 bits per heavy atom. The molecule has 0 spiro atoms. The van der Waals surface area contributed by atoms with Crippen LogP contribution in [0.15, 0.2) is 120 Å². The number of rotatable bonds is 27. The Morgan fingerprint density at radius 2 is 1.45 bits per heavy atom. The van der Waals surface area contributed by atoms with Crippen LogP contribution in [0.1, 0.15) is 162 Å². The van der Waals surface area contributed by atoms with E-state index in [9.17, 15) is 14.7 Å². The molecule has 6 rings (SSSR count). The number of aliphatic hydroxyl groups is 1. The second-order valence-corrected chi connectivity index (χ2v) is 18.9. The number of allylic oxidation sites excluding steroid dienone is 12. The average Bonchev–Trinajstić information content (AvgIpc) is 3.90. The van der Waals surface area contributed by atoms with Crippen LogP contribution < -0.4 is 10.1 Å². The first-order chi connectivity index (χ1) is 32.5. The second kappa shape index (κ2) is 26.0. The first-order valence-electron chi connectivity index (χ1n) is 23.9. The van der Waals surface area contributed by atoms with Gasteiger partial charge in [0.05, 0.1) is 26.2 Å². The normalized spacial score (nSPS) is 17.7. The molecule has 4 aromatic rings. The van der Waals surface area contributed by atoms with Gasteiger partial charge in [-0.1, -0.05) is 132 Å². The maximum absolute atomic E-state index is 13.2. The van der Waals surface area contributed by atoms with Gasteiger partial charge in [-0.05, 0) is 121 Å². The summed E-state index contributed by atoms with van der Waals surface area (Å²) in [6.07, 6.45) is 36.9. The van der Waals surface area contributed by atoms with E-state index < -0.39 is 5.60 Å². The zero-order valence-corrected chi connectivity index (χ0v) is 41.3. The Balaban J connectivity index is 0.892. The van der Waals surface area contributed by atoms with Gasteiger partial charge in [-0.3, -0.25) is 14.3 Å². The van der Waals surface area contributed by atoms with Crippen molar-refractivity contribution in [3.63, 3.8) is 0 Å². The van der Waals surface area contributed by atoms with Crippen molar-refractivity contribution in [2.45, 2.75) is 141 Å². The number of ether oxygens (including phenoxy) is 1. The van der Waals surface area contributed by atoms with Crippen LogP contribution in [0.25, 0.3) is 11.3 Å². The second-order valence-electron chi connectivity index (χ2n) is 17.7. The van der Waals surface area contributed by atoms with Crippen molar-refractivity contribution in [3.05, 3.63) is 159 Å². The largest absolute Gasteiger partial charge is 0.489 e. The molecule has 2 aliphatic carbocycles. The summed E-state index contributed by atoms with van der Waals surface area (Å²) < 4.78 is 13.9. The fourth-order valence-corrected chi connectivity index (χ4v) is 9.10. The SMILES string of the molecule is CC/C=C\C/C=C\C/C=C\C/C=C\C/C=C\C/C=C\CCC(=O)CCCNC(=O)c1cc(C2CC(O)(c3ccc(OCc4c(-c5c(Cl)cccc5Cl)noc4C4CC4)cc3Cl)C2)n(C(C)C)n1. The Labute approximate surface area is 411 Å². The highest BCUT2D eigenvalue weighted by Gasteiger charge is 2.47. The number of nitrogens with zero attached hydrogens (tertiary/aromatic N) is 3. The highest BCUT2D eigenvalue weighted by molar-refractivity contribution is 6.39. The van der Waals surface area contributed by atoms with Gasteiger partial charge >= 0.3 is 0 Å². The number of halogens is 3. The molecule has 0 aliphatic heterocycles. The number of carbonyl (C=O) groups excluding carboxylic acids is 2. The third-order valence-electron chi connectivity index (χ3n) is 12.0. The molecule has 356 valence electrons. The van der Waals surface area contributed by atoms with Gasteiger partial charge in [0.1, 0.15) is 35.3 Å². The van der Waals surface area contributed by atoms with E-state index in [0.29, 0.717) is 88.4 Å². The van der Waals surface area contributed by atoms with Crippen molar-refractivity contribution >= 4 is 46.5 Å². The number of ketones is 1. The van der Waals surface area contributed by atoms with Crippen molar-refractivity contribution in [1.29, 1.82) is 0 Å². The molecule has 0 unspecified atom stereocenters. The summed E-state index contributed by atoms with van der Waals surface area (Å²) in [5.41, 5.74) is 2.63. The van der Waals surface area contributed by atoms with Crippen LogP contribution in [0.4, 0.5) is 0 Å². The highest BCUT2D eigenvalue weighted by Crippen LogP contribution is 2.53. The fourth-order valence-electron chi connectivity index (χ4n) is 8.18. The lowest BCUT2D eigenvalue weighted by Crippen LogP contribution is -2.41. The monoisotopic (exact) mass is 966 g/mol. The molecule has 2 heterocycles. The van der Waals surface area contributed by atoms with Crippen molar-refractivity contribution < 1.29 is 24.0 Å². The molecule has 9 nitrogen and oxygen atoms in total. The van der Waals surface area contributed by atoms with E-state index in [0.717, 1.165) is 68.4 Å². The lowest BCUT2D eigenvalue weighted by Gasteiger charge is -2.44. The van der Waals surface area contributed by atoms with Gasteiger partial charge in [0.15, 0.2) is 0 Å². The summed E-state index contributed by atoms with van der Waals surface area (Å²) in [5, 5.41) is 25.1. The minimum absolute atomic E-state index is 0.00404. The van der Waals surface area contributed by atoms with Crippen LogP contribution in [0.2, 0.25) is 15.1 Å². The topological polar surface area (TPSA) is 119 Å². The number of hydrogen-bond acceptors (Lipinski definition) is 7. The quantitative estimate of drug-likeness (QED) is 0.0451. The summed E-state index contributed by atoms with van der Waals surface area (Å²) in [6, 6.07) is 12.5. The van der Waals surface area contributed by atoms with Crippen molar-refractivity contribution in [3.8, 4) is 17.0 Å². The van der Waals surface area contributed by atoms with Crippen molar-refractivity contribution in [1.82, 2.24) is 20.3 Å². The van der Waals surface area contributed by atoms with Crippen LogP contribution in [0.5, 0.6) is 5.75 Å². The van der Waals surface area contributed by atoms with E-state index in [1.54, 1.807) is 30.3 Å². The molecule has 0 radical (unpaired) electrons. The number of Topliss-reactive ketones (excluding diaryl/α,β-unsaturated/α-hetero) is 1. The lowest BCUT2D eigenvalue weighted by molar-refractivity contribution is -0.119. The van der Waals surface area contributed by atoms with Crippen molar-refractivity contribution in [2.75, 3.05) is 6.54 Å². The zero-order valence-electron chi connectivity index (χ0n) is 39.1. The maximum atomic E-state index is 13.2. The summed E-state index contributed by atoms with van der Waals surface area (Å²) in [4.78, 5) is 25.7. The summed E-state index contributed by atoms with van der Waals surface area (Å²) >= 11 is 19.9. The lowest BCUT2D eigenvalue weighted by atomic mass is 9.66. The summed E-state index contributed by atoms with van der Waals surface area (Å²) in [6.45, 7) is 6.74. The number of nitrogens with one attached hydrogen (secondary N) is 1. The van der Waals surface area contributed by atoms with Crippen LogP contribution >= 0.6 is 34.8 Å². The third kappa shape index (κ3) is 15.0. The molecule has 1 amide bonds. The van der Waals surface area contributed by atoms with Crippen LogP contribution in [0.3, 0.4) is 0 Å². The molecular weight excluding hydrogens is 903 g/mol. The molecule has 2 N–H and O–H groups in total. The molecule has 2 aromatic carbocycles. The van der Waals surface area contributed by atoms with E-state index in [1.165, 1.54) is 0 Å². The molecule has 2 fully saturated rings. The number of amides is 1. The molecule has 67 heavy (non-hydrogen) atoms. The summed E-state index contributed by atoms with van der Waals surface area (Å²) in [5.74, 6) is 1.46. The maximum Gasteiger partial charge on any atom is 0.271 e. The average molecular weight is 969 g/mol. The molecule has 2 aliphatic rings. The Kier molecular flexibility index (Phi) is 20.0. The van der Waals surface area contributed by atoms with Crippen molar-refractivity contribution in [2.24, 2.45) is 0 Å². The van der Waals surface area contributed by atoms with E-state index in [4.69, 9.17) is 44.1 Å². The van der Waals surface area contributed by atoms with Crippen LogP contribution in [-0.4, -0.2) is 38.3 Å². The first kappa shape index (κ1) is 51.5. The molecular formula is C55H65Cl3N4O5. The predicted molar refractivity (Wildman–Crippen MR) is 272 cm³/mol. The van der Waals surface area contributed by atoms with Gasteiger partial charge < -0.3 is 19.7 Å². The van der Waals surface area contributed by atoms with Gasteiger partial charge in [-0.15, -0.1) is 0 Å². The van der Waals surface area contributed by atoms with Crippen LogP contribution in [-0.2, 0) is 17.0 Å². The minimum atomic E-state index is -1.16. The number of aromatic nitrogens is 3. The standard InChI is InChI=1S/C55H65Cl3N4O5/c1-4-5-6-7-8-9-10-11-12-13-14-15-16-17-18-19-20-21-22-25-42(63)26-24-33-59-54(64)49-35-50(62(60-49)39(2)3)41-36-55(65,37-41)45-32-31-43(34-48(45)58)66-38-44-52(61-67-53(44)40-29-30-40)51-46(56)27-23-28-47(51)57/h5-6,8-9,11-12,14-15,17-18,20-21,23,27-28,31-32,34-35,39-41,65H,4,7,10,13,16,19,22,24-26,29-30,33,36-38H2,1-3H3,(H,59,64)/b6-5-,9-8-,12-11-,15-14-,18-17-,21-20-. The van der Waals surface area contributed by atoms with Gasteiger partial charge in [0.2, 0.25) is 0 Å². The third-order valence-corrected chi connectivity index (χ3v) is 12.9. The molecule has 12 heteroatoms. The van der Waals surface area contributed by atoms with E-state index in [-0.39, 0.29) is 36.2 Å². The van der Waals surface area contributed by atoms with Gasteiger partial charge in [-0.2, -0.15) is 5.10 Å². The first-order valence-corrected chi connectivity index (χ1v) is 25.0. The smallest absolute Gasteiger partial charge is 0.271 e. The van der Waals surface area contributed by atoms with E-state index in [2.05, 4.69) is 95.4 Å². The molecule has 0 saturated heterocycles.